The predicted molar refractivity (Wildman–Crippen MR) is 124 cm³/mol. The number of halogens is 1. The van der Waals surface area contributed by atoms with Gasteiger partial charge in [-0.15, -0.1) is 12.4 Å². The van der Waals surface area contributed by atoms with Gasteiger partial charge in [0, 0.05) is 25.6 Å². The second-order valence-electron chi connectivity index (χ2n) is 8.05. The molecule has 0 amide bonds. The zero-order chi connectivity index (χ0) is 21.1. The molecule has 2 aromatic rings. The van der Waals surface area contributed by atoms with E-state index < -0.39 is 15.2 Å². The number of rotatable bonds is 6. The van der Waals surface area contributed by atoms with E-state index in [-0.39, 0.29) is 18.3 Å². The second-order valence-corrected chi connectivity index (χ2v) is 10.1. The third-order valence-corrected chi connectivity index (χ3v) is 8.48. The number of piperidine rings is 1. The predicted octanol–water partition coefficient (Wildman–Crippen LogP) is 3.28. The third kappa shape index (κ3) is 4.85. The Kier molecular flexibility index (Phi) is 7.86. The Labute approximate surface area is 191 Å². The molecule has 1 N–H and O–H groups in total. The van der Waals surface area contributed by atoms with Gasteiger partial charge in [0.1, 0.15) is 5.37 Å². The molecular weight excluding hydrogens is 436 g/mol. The number of benzene rings is 2. The Morgan fingerprint density at radius 2 is 1.74 bits per heavy atom. The van der Waals surface area contributed by atoms with Gasteiger partial charge in [0.15, 0.2) is 21.3 Å². The first kappa shape index (κ1) is 23.9. The van der Waals surface area contributed by atoms with E-state index in [1.54, 1.807) is 38.5 Å². The van der Waals surface area contributed by atoms with Crippen LogP contribution in [0.4, 0.5) is 0 Å². The molecule has 2 aliphatic heterocycles. The Morgan fingerprint density at radius 3 is 2.35 bits per heavy atom. The third-order valence-electron chi connectivity index (χ3n) is 6.24. The van der Waals surface area contributed by atoms with Crippen molar-refractivity contribution in [1.29, 1.82) is 0 Å². The summed E-state index contributed by atoms with van der Waals surface area (Å²) in [6, 6.07) is 12.9. The molecule has 1 saturated heterocycles. The van der Waals surface area contributed by atoms with Crippen molar-refractivity contribution in [3.05, 3.63) is 53.6 Å². The first-order chi connectivity index (χ1) is 14.5. The monoisotopic (exact) mass is 466 g/mol. The van der Waals surface area contributed by atoms with Gasteiger partial charge < -0.3 is 14.8 Å². The van der Waals surface area contributed by atoms with Gasteiger partial charge in [-0.2, -0.15) is 0 Å². The molecule has 0 spiro atoms. The van der Waals surface area contributed by atoms with Gasteiger partial charge in [-0.3, -0.25) is 4.90 Å². The Balaban J connectivity index is 0.00000272. The number of ether oxygens (including phenoxy) is 2. The summed E-state index contributed by atoms with van der Waals surface area (Å²) >= 11 is 0. The Morgan fingerprint density at radius 1 is 1.06 bits per heavy atom. The summed E-state index contributed by atoms with van der Waals surface area (Å²) in [6.45, 7) is 2.97. The fourth-order valence-electron chi connectivity index (χ4n) is 4.74. The molecule has 2 heterocycles. The first-order valence-corrected chi connectivity index (χ1v) is 12.1. The van der Waals surface area contributed by atoms with Crippen LogP contribution >= 0.6 is 12.4 Å². The minimum Gasteiger partial charge on any atom is -0.493 e. The quantitative estimate of drug-likeness (QED) is 0.704. The van der Waals surface area contributed by atoms with Crippen LogP contribution in [-0.2, 0) is 22.8 Å². The highest BCUT2D eigenvalue weighted by Gasteiger charge is 2.40. The van der Waals surface area contributed by atoms with Crippen LogP contribution in [0.2, 0.25) is 0 Å². The molecule has 0 radical (unpaired) electrons. The van der Waals surface area contributed by atoms with Crippen molar-refractivity contribution in [3.8, 4) is 11.5 Å². The molecule has 0 aliphatic carbocycles. The number of nitrogens with zero attached hydrogens (tertiary/aromatic N) is 1. The standard InChI is InChI=1S/C23H30N2O4S.ClH/c1-28-21-13-17-10-12-25(16-19(17)14-22(21)29-2)23(18-7-6-11-24-15-18)30(26,27)20-8-4-3-5-9-20;/h3-5,8-9,13-14,18,23-24H,6-7,10-12,15-16H2,1-2H3;1H. The summed E-state index contributed by atoms with van der Waals surface area (Å²) in [4.78, 5) is 2.55. The smallest absolute Gasteiger partial charge is 0.194 e. The van der Waals surface area contributed by atoms with Crippen LogP contribution in [0.25, 0.3) is 0 Å². The van der Waals surface area contributed by atoms with Gasteiger partial charge >= 0.3 is 0 Å². The number of nitrogens with one attached hydrogen (secondary N) is 1. The Hall–Kier alpha value is -1.80. The van der Waals surface area contributed by atoms with Crippen molar-refractivity contribution in [3.63, 3.8) is 0 Å². The number of hydrogen-bond acceptors (Lipinski definition) is 6. The van der Waals surface area contributed by atoms with E-state index >= 15 is 0 Å². The lowest BCUT2D eigenvalue weighted by molar-refractivity contribution is 0.161. The maximum atomic E-state index is 13.8. The number of methoxy groups -OCH3 is 2. The van der Waals surface area contributed by atoms with Gasteiger partial charge in [0.2, 0.25) is 0 Å². The van der Waals surface area contributed by atoms with Crippen molar-refractivity contribution in [1.82, 2.24) is 10.2 Å². The molecule has 4 rings (SSSR count). The maximum absolute atomic E-state index is 13.8. The largest absolute Gasteiger partial charge is 0.493 e. The van der Waals surface area contributed by atoms with Crippen LogP contribution < -0.4 is 14.8 Å². The zero-order valence-electron chi connectivity index (χ0n) is 18.0. The first-order valence-electron chi connectivity index (χ1n) is 10.5. The number of sulfone groups is 1. The summed E-state index contributed by atoms with van der Waals surface area (Å²) in [7, 11) is -0.238. The van der Waals surface area contributed by atoms with Crippen molar-refractivity contribution in [2.24, 2.45) is 5.92 Å². The van der Waals surface area contributed by atoms with E-state index in [2.05, 4.69) is 10.2 Å². The molecule has 31 heavy (non-hydrogen) atoms. The van der Waals surface area contributed by atoms with E-state index in [1.807, 2.05) is 18.2 Å². The molecule has 2 atom stereocenters. The van der Waals surface area contributed by atoms with Gasteiger partial charge in [0.25, 0.3) is 0 Å². The molecule has 2 aromatic carbocycles. The summed E-state index contributed by atoms with van der Waals surface area (Å²) in [5.74, 6) is 1.46. The van der Waals surface area contributed by atoms with Gasteiger partial charge in [-0.05, 0) is 61.2 Å². The van der Waals surface area contributed by atoms with Gasteiger partial charge in [0.05, 0.1) is 19.1 Å². The van der Waals surface area contributed by atoms with Crippen LogP contribution in [0.15, 0.2) is 47.4 Å². The molecule has 2 unspecified atom stereocenters. The molecule has 0 aromatic heterocycles. The lowest BCUT2D eigenvalue weighted by atomic mass is 9.95. The lowest BCUT2D eigenvalue weighted by Crippen LogP contribution is -2.52. The summed E-state index contributed by atoms with van der Waals surface area (Å²) in [5.41, 5.74) is 2.30. The molecule has 0 bridgehead atoms. The number of hydrogen-bond donors (Lipinski definition) is 1. The van der Waals surface area contributed by atoms with Gasteiger partial charge in [-0.1, -0.05) is 18.2 Å². The summed E-state index contributed by atoms with van der Waals surface area (Å²) in [6.07, 6.45) is 2.70. The van der Waals surface area contributed by atoms with Crippen LogP contribution in [0.3, 0.4) is 0 Å². The van der Waals surface area contributed by atoms with Crippen LogP contribution in [-0.4, -0.2) is 52.5 Å². The molecule has 170 valence electrons. The highest BCUT2D eigenvalue weighted by Crippen LogP contribution is 2.36. The fourth-order valence-corrected chi connectivity index (χ4v) is 6.87. The van der Waals surface area contributed by atoms with Crippen LogP contribution in [0, 0.1) is 5.92 Å². The van der Waals surface area contributed by atoms with Crippen LogP contribution in [0.1, 0.15) is 24.0 Å². The van der Waals surface area contributed by atoms with Crippen molar-refractivity contribution >= 4 is 22.2 Å². The molecular formula is C23H31ClN2O4S. The molecule has 8 heteroatoms. The minimum atomic E-state index is -3.50. The highest BCUT2D eigenvalue weighted by molar-refractivity contribution is 7.92. The molecule has 2 aliphatic rings. The second kappa shape index (κ2) is 10.2. The topological polar surface area (TPSA) is 67.9 Å². The van der Waals surface area contributed by atoms with E-state index in [4.69, 9.17) is 9.47 Å². The summed E-state index contributed by atoms with van der Waals surface area (Å²) in [5, 5.41) is 2.86. The molecule has 6 nitrogen and oxygen atoms in total. The normalized spacial score (nSPS) is 20.3. The minimum absolute atomic E-state index is 0. The van der Waals surface area contributed by atoms with E-state index in [9.17, 15) is 8.42 Å². The van der Waals surface area contributed by atoms with Crippen molar-refractivity contribution in [2.45, 2.75) is 36.1 Å². The van der Waals surface area contributed by atoms with Crippen LogP contribution in [0.5, 0.6) is 11.5 Å². The maximum Gasteiger partial charge on any atom is 0.194 e. The van der Waals surface area contributed by atoms with E-state index in [0.717, 1.165) is 43.7 Å². The Bertz CT molecular complexity index is 979. The fraction of sp³-hybridized carbons (Fsp3) is 0.478. The van der Waals surface area contributed by atoms with E-state index in [0.29, 0.717) is 23.7 Å². The van der Waals surface area contributed by atoms with Crippen molar-refractivity contribution < 1.29 is 17.9 Å². The lowest BCUT2D eigenvalue weighted by Gasteiger charge is -2.40. The summed E-state index contributed by atoms with van der Waals surface area (Å²) < 4.78 is 38.4. The van der Waals surface area contributed by atoms with Crippen molar-refractivity contribution in [2.75, 3.05) is 33.9 Å². The number of fused-ring (bicyclic) bond motifs is 1. The molecule has 1 fully saturated rings. The van der Waals surface area contributed by atoms with E-state index in [1.165, 1.54) is 5.56 Å². The molecule has 0 saturated carbocycles. The van der Waals surface area contributed by atoms with Gasteiger partial charge in [-0.25, -0.2) is 8.42 Å². The average molecular weight is 467 g/mol. The SMILES string of the molecule is COc1cc2c(cc1OC)CN(C(C1CCCNC1)S(=O)(=O)c1ccccc1)CC2.Cl. The zero-order valence-corrected chi connectivity index (χ0v) is 19.7. The average Bonchev–Trinajstić information content (AvgIpc) is 2.79. The highest BCUT2D eigenvalue weighted by atomic mass is 35.5.